The third-order valence-electron chi connectivity index (χ3n) is 3.34. The Kier molecular flexibility index (Phi) is 3.82. The lowest BCUT2D eigenvalue weighted by Gasteiger charge is -2.05. The Morgan fingerprint density at radius 2 is 2.09 bits per heavy atom. The molecule has 2 aromatic heterocycles. The van der Waals surface area contributed by atoms with Crippen molar-refractivity contribution in [2.45, 2.75) is 20.0 Å². The van der Waals surface area contributed by atoms with Gasteiger partial charge in [-0.15, -0.1) is 5.10 Å². The standard InChI is InChI=1S/C14H16FN7/c1-10-14(16-7-12-8-17-21(2)19-12)18-20-22(10)9-11-5-3-4-6-13(11)15/h3-6,8,16H,7,9H2,1-2H3. The molecule has 8 heteroatoms. The van der Waals surface area contributed by atoms with Crippen LogP contribution in [0.25, 0.3) is 0 Å². The van der Waals surface area contributed by atoms with Crippen molar-refractivity contribution in [2.24, 2.45) is 7.05 Å². The molecule has 0 aliphatic rings. The summed E-state index contributed by atoms with van der Waals surface area (Å²) in [6.45, 7) is 2.74. The Bertz CT molecular complexity index is 777. The Balaban J connectivity index is 1.70. The molecular formula is C14H16FN7. The Labute approximate surface area is 126 Å². The molecule has 0 amide bonds. The monoisotopic (exact) mass is 301 g/mol. The summed E-state index contributed by atoms with van der Waals surface area (Å²) in [5, 5.41) is 19.5. The van der Waals surface area contributed by atoms with E-state index in [0.29, 0.717) is 24.5 Å². The first kappa shape index (κ1) is 14.2. The van der Waals surface area contributed by atoms with E-state index in [4.69, 9.17) is 0 Å². The van der Waals surface area contributed by atoms with Crippen LogP contribution in [0.2, 0.25) is 0 Å². The predicted molar refractivity (Wildman–Crippen MR) is 78.6 cm³/mol. The van der Waals surface area contributed by atoms with Crippen molar-refractivity contribution in [2.75, 3.05) is 5.32 Å². The van der Waals surface area contributed by atoms with E-state index in [-0.39, 0.29) is 5.82 Å². The topological polar surface area (TPSA) is 73.5 Å². The van der Waals surface area contributed by atoms with E-state index in [1.165, 1.54) is 10.9 Å². The second kappa shape index (κ2) is 5.92. The highest BCUT2D eigenvalue weighted by Gasteiger charge is 2.11. The highest BCUT2D eigenvalue weighted by atomic mass is 19.1. The van der Waals surface area contributed by atoms with Crippen LogP contribution in [-0.2, 0) is 20.1 Å². The molecule has 0 saturated heterocycles. The molecule has 22 heavy (non-hydrogen) atoms. The van der Waals surface area contributed by atoms with Gasteiger partial charge in [-0.05, 0) is 13.0 Å². The van der Waals surface area contributed by atoms with Crippen molar-refractivity contribution in [3.63, 3.8) is 0 Å². The van der Waals surface area contributed by atoms with Gasteiger partial charge >= 0.3 is 0 Å². The quantitative estimate of drug-likeness (QED) is 0.773. The lowest BCUT2D eigenvalue weighted by molar-refractivity contribution is 0.571. The Hall–Kier alpha value is -2.77. The van der Waals surface area contributed by atoms with Gasteiger partial charge in [0.15, 0.2) is 5.82 Å². The van der Waals surface area contributed by atoms with Gasteiger partial charge in [-0.2, -0.15) is 15.0 Å². The average molecular weight is 301 g/mol. The van der Waals surface area contributed by atoms with Crippen LogP contribution in [0.3, 0.4) is 0 Å². The third-order valence-corrected chi connectivity index (χ3v) is 3.34. The molecule has 0 fully saturated rings. The van der Waals surface area contributed by atoms with Crippen LogP contribution >= 0.6 is 0 Å². The van der Waals surface area contributed by atoms with Gasteiger partial charge in [0, 0.05) is 12.6 Å². The number of nitrogens with zero attached hydrogens (tertiary/aromatic N) is 6. The number of rotatable bonds is 5. The van der Waals surface area contributed by atoms with Gasteiger partial charge in [0.25, 0.3) is 0 Å². The van der Waals surface area contributed by atoms with Crippen molar-refractivity contribution in [3.05, 3.63) is 53.2 Å². The number of aromatic nitrogens is 6. The number of benzene rings is 1. The molecule has 3 aromatic rings. The highest BCUT2D eigenvalue weighted by molar-refractivity contribution is 5.38. The molecule has 114 valence electrons. The lowest BCUT2D eigenvalue weighted by Crippen LogP contribution is -2.07. The van der Waals surface area contributed by atoms with E-state index in [9.17, 15) is 4.39 Å². The largest absolute Gasteiger partial charge is 0.361 e. The zero-order valence-electron chi connectivity index (χ0n) is 12.4. The zero-order valence-corrected chi connectivity index (χ0v) is 12.4. The fourth-order valence-corrected chi connectivity index (χ4v) is 2.10. The summed E-state index contributed by atoms with van der Waals surface area (Å²) < 4.78 is 15.4. The van der Waals surface area contributed by atoms with E-state index in [1.54, 1.807) is 36.1 Å². The molecule has 1 N–H and O–H groups in total. The number of hydrogen-bond acceptors (Lipinski definition) is 5. The Morgan fingerprint density at radius 1 is 1.27 bits per heavy atom. The normalized spacial score (nSPS) is 10.9. The van der Waals surface area contributed by atoms with E-state index in [2.05, 4.69) is 25.8 Å². The summed E-state index contributed by atoms with van der Waals surface area (Å²) in [6.07, 6.45) is 1.69. The van der Waals surface area contributed by atoms with E-state index in [0.717, 1.165) is 11.4 Å². The van der Waals surface area contributed by atoms with Crippen LogP contribution in [0.1, 0.15) is 17.0 Å². The molecule has 0 radical (unpaired) electrons. The number of nitrogens with one attached hydrogen (secondary N) is 1. The van der Waals surface area contributed by atoms with Gasteiger partial charge in [0.1, 0.15) is 11.5 Å². The molecule has 3 rings (SSSR count). The Morgan fingerprint density at radius 3 is 2.82 bits per heavy atom. The zero-order chi connectivity index (χ0) is 15.5. The summed E-state index contributed by atoms with van der Waals surface area (Å²) in [4.78, 5) is 1.50. The smallest absolute Gasteiger partial charge is 0.171 e. The molecular weight excluding hydrogens is 285 g/mol. The minimum atomic E-state index is -0.244. The van der Waals surface area contributed by atoms with Crippen LogP contribution in [-0.4, -0.2) is 30.0 Å². The van der Waals surface area contributed by atoms with Crippen LogP contribution in [0.4, 0.5) is 10.2 Å². The van der Waals surface area contributed by atoms with E-state index < -0.39 is 0 Å². The fourth-order valence-electron chi connectivity index (χ4n) is 2.10. The molecule has 7 nitrogen and oxygen atoms in total. The molecule has 0 aliphatic heterocycles. The molecule has 1 aromatic carbocycles. The van der Waals surface area contributed by atoms with Gasteiger partial charge in [0.05, 0.1) is 25.0 Å². The first-order valence-corrected chi connectivity index (χ1v) is 6.86. The summed E-state index contributed by atoms with van der Waals surface area (Å²) in [5.41, 5.74) is 2.23. The maximum atomic E-state index is 13.7. The van der Waals surface area contributed by atoms with E-state index in [1.807, 2.05) is 6.92 Å². The minimum Gasteiger partial charge on any atom is -0.361 e. The number of anilines is 1. The number of hydrogen-bond donors (Lipinski definition) is 1. The average Bonchev–Trinajstić information content (AvgIpc) is 3.07. The minimum absolute atomic E-state index is 0.244. The van der Waals surface area contributed by atoms with Gasteiger partial charge < -0.3 is 5.32 Å². The number of halogens is 1. The first-order chi connectivity index (χ1) is 10.6. The maximum Gasteiger partial charge on any atom is 0.171 e. The van der Waals surface area contributed by atoms with Crippen LogP contribution in [0, 0.1) is 12.7 Å². The lowest BCUT2D eigenvalue weighted by atomic mass is 10.2. The van der Waals surface area contributed by atoms with E-state index >= 15 is 0 Å². The summed E-state index contributed by atoms with van der Waals surface area (Å²) >= 11 is 0. The molecule has 2 heterocycles. The SMILES string of the molecule is Cc1c(NCc2cnn(C)n2)nnn1Cc1ccccc1F. The van der Waals surface area contributed by atoms with Gasteiger partial charge in [-0.25, -0.2) is 9.07 Å². The first-order valence-electron chi connectivity index (χ1n) is 6.86. The van der Waals surface area contributed by atoms with Crippen molar-refractivity contribution in [1.29, 1.82) is 0 Å². The molecule has 0 saturated carbocycles. The van der Waals surface area contributed by atoms with Crippen LogP contribution < -0.4 is 5.32 Å². The number of aryl methyl sites for hydroxylation is 1. The summed E-state index contributed by atoms with van der Waals surface area (Å²) in [6, 6.07) is 6.65. The molecule has 0 bridgehead atoms. The van der Waals surface area contributed by atoms with Gasteiger partial charge in [-0.1, -0.05) is 23.4 Å². The second-order valence-electron chi connectivity index (χ2n) is 4.95. The van der Waals surface area contributed by atoms with Crippen molar-refractivity contribution in [3.8, 4) is 0 Å². The molecule has 0 aliphatic carbocycles. The van der Waals surface area contributed by atoms with Crippen molar-refractivity contribution in [1.82, 2.24) is 30.0 Å². The van der Waals surface area contributed by atoms with Gasteiger partial charge in [-0.3, -0.25) is 0 Å². The molecule has 0 unspecified atom stereocenters. The fraction of sp³-hybridized carbons (Fsp3) is 0.286. The van der Waals surface area contributed by atoms with Crippen molar-refractivity contribution < 1.29 is 4.39 Å². The van der Waals surface area contributed by atoms with Gasteiger partial charge in [0.2, 0.25) is 0 Å². The second-order valence-corrected chi connectivity index (χ2v) is 4.95. The third kappa shape index (κ3) is 2.95. The summed E-state index contributed by atoms with van der Waals surface area (Å²) in [7, 11) is 1.76. The maximum absolute atomic E-state index is 13.7. The van der Waals surface area contributed by atoms with Crippen LogP contribution in [0.5, 0.6) is 0 Å². The molecule has 0 atom stereocenters. The molecule has 0 spiro atoms. The van der Waals surface area contributed by atoms with Crippen molar-refractivity contribution >= 4 is 5.82 Å². The summed E-state index contributed by atoms with van der Waals surface area (Å²) in [5.74, 6) is 0.411. The van der Waals surface area contributed by atoms with Crippen LogP contribution in [0.15, 0.2) is 30.5 Å². The highest BCUT2D eigenvalue weighted by Crippen LogP contribution is 2.14. The predicted octanol–water partition coefficient (Wildman–Crippen LogP) is 1.51.